The molecule has 1 heterocycles. The highest BCUT2D eigenvalue weighted by molar-refractivity contribution is 8.33. The molecule has 0 spiro atoms. The van der Waals surface area contributed by atoms with Crippen LogP contribution in [0.3, 0.4) is 0 Å². The molecular weight excluding hydrogens is 877 g/mol. The van der Waals surface area contributed by atoms with Crippen molar-refractivity contribution < 1.29 is 32.5 Å². The average molecular weight is 915 g/mol. The Morgan fingerprint density at radius 1 is 0.355 bits per heavy atom. The van der Waals surface area contributed by atoms with Crippen LogP contribution in [0.4, 0.5) is 0 Å². The van der Waals surface area contributed by atoms with Crippen LogP contribution in [-0.2, 0) is 43.8 Å². The number of benzene rings is 8. The van der Waals surface area contributed by atoms with Gasteiger partial charge in [-0.3, -0.25) is 0 Å². The first-order valence-corrected chi connectivity index (χ1v) is 26.8. The van der Waals surface area contributed by atoms with Crippen LogP contribution in [0.1, 0.15) is 11.1 Å². The first-order valence-electron chi connectivity index (χ1n) is 19.4. The maximum absolute atomic E-state index is 15.0. The van der Waals surface area contributed by atoms with Gasteiger partial charge < -0.3 is 0 Å². The van der Waals surface area contributed by atoms with E-state index in [4.69, 9.17) is 7.26 Å². The number of rotatable bonds is 12. The summed E-state index contributed by atoms with van der Waals surface area (Å²) in [6.45, 7) is 0. The Hall–Kier alpha value is -5.77. The van der Waals surface area contributed by atoms with Gasteiger partial charge in [-0.25, -0.2) is 15.7 Å². The van der Waals surface area contributed by atoms with Crippen LogP contribution in [0.25, 0.3) is 0 Å². The van der Waals surface area contributed by atoms with Gasteiger partial charge in [0.2, 0.25) is 9.84 Å². The summed E-state index contributed by atoms with van der Waals surface area (Å²) in [6.07, 6.45) is 0.00965. The largest absolute Gasteiger partial charge is 0.308 e. The number of fused-ring (bicyclic) bond motifs is 2. The Kier molecular flexibility index (Phi) is 11.1. The molecule has 0 aromatic heterocycles. The SMILES string of the molecule is O=S(=O)(OS(c1ccccc1)(c1ccccc1)c1ccccc1)c1ccc2c(c1)S(=O)(=O)c1c(cccc1S(=O)(=O)OS(c1ccccc1)(c1ccccc1)c1ccccc1)C2. The molecule has 13 heteroatoms. The van der Waals surface area contributed by atoms with Gasteiger partial charge >= 0.3 is 20.2 Å². The maximum atomic E-state index is 15.0. The predicted octanol–water partition coefficient (Wildman–Crippen LogP) is 11.6. The lowest BCUT2D eigenvalue weighted by Crippen LogP contribution is -2.22. The van der Waals surface area contributed by atoms with E-state index in [1.807, 2.05) is 109 Å². The Labute approximate surface area is 365 Å². The molecule has 312 valence electrons. The van der Waals surface area contributed by atoms with E-state index < -0.39 is 65.4 Å². The highest BCUT2D eigenvalue weighted by Gasteiger charge is 2.43. The van der Waals surface area contributed by atoms with Crippen molar-refractivity contribution in [1.29, 1.82) is 0 Å². The Morgan fingerprint density at radius 3 is 1.08 bits per heavy atom. The standard InChI is InChI=1S/C49H38O8S5/c50-60(51)48-37-46(61(52,53)56-58(40-21-7-1-8-22-40,41-23-9-2-10-24-41)42-25-11-3-12-26-42)35-34-38(48)36-39-20-19-33-47(49(39)60)62(54,55)57-59(43-27-13-4-14-28-43,44-29-15-5-16-30-44)45-31-17-6-18-32-45/h1-35,37H,36H2. The first kappa shape index (κ1) is 41.6. The van der Waals surface area contributed by atoms with Gasteiger partial charge in [0.05, 0.1) is 14.7 Å². The molecule has 8 aromatic carbocycles. The van der Waals surface area contributed by atoms with Gasteiger partial charge in [-0.05, 0) is 123 Å². The van der Waals surface area contributed by atoms with Gasteiger partial charge in [-0.1, -0.05) is 127 Å². The number of hydrogen-bond acceptors (Lipinski definition) is 8. The van der Waals surface area contributed by atoms with E-state index in [9.17, 15) is 8.42 Å². The summed E-state index contributed by atoms with van der Waals surface area (Å²) in [5.41, 5.74) is 0.534. The molecule has 1 aliphatic rings. The summed E-state index contributed by atoms with van der Waals surface area (Å²) in [4.78, 5) is 1.79. The van der Waals surface area contributed by atoms with E-state index in [2.05, 4.69) is 0 Å². The molecule has 9 rings (SSSR count). The Morgan fingerprint density at radius 2 is 0.710 bits per heavy atom. The minimum absolute atomic E-state index is 0.00965. The maximum Gasteiger partial charge on any atom is 0.308 e. The van der Waals surface area contributed by atoms with Crippen LogP contribution in [0.5, 0.6) is 0 Å². The third-order valence-corrected chi connectivity index (χ3v) is 22.9. The molecule has 8 nitrogen and oxygen atoms in total. The van der Waals surface area contributed by atoms with E-state index in [0.717, 1.165) is 6.07 Å². The van der Waals surface area contributed by atoms with Gasteiger partial charge in [0, 0.05) is 35.8 Å². The molecule has 0 atom stereocenters. The summed E-state index contributed by atoms with van der Waals surface area (Å²) in [5.74, 6) is 0. The van der Waals surface area contributed by atoms with Crippen molar-refractivity contribution in [2.45, 2.75) is 55.4 Å². The normalized spacial score (nSPS) is 14.3. The zero-order valence-electron chi connectivity index (χ0n) is 32.8. The Bertz CT molecular complexity index is 3040. The molecule has 0 unspecified atom stereocenters. The average Bonchev–Trinajstić information content (AvgIpc) is 3.31. The van der Waals surface area contributed by atoms with E-state index in [1.165, 1.54) is 24.3 Å². The monoisotopic (exact) mass is 914 g/mol. The van der Waals surface area contributed by atoms with Crippen LogP contribution in [0.2, 0.25) is 0 Å². The zero-order chi connectivity index (χ0) is 43.0. The van der Waals surface area contributed by atoms with E-state index in [0.29, 0.717) is 34.9 Å². The molecule has 0 N–H and O–H groups in total. The highest BCUT2D eigenvalue weighted by Crippen LogP contribution is 2.71. The second-order valence-corrected chi connectivity index (χ2v) is 25.0. The third kappa shape index (κ3) is 7.29. The zero-order valence-corrected chi connectivity index (χ0v) is 36.9. The van der Waals surface area contributed by atoms with Crippen molar-refractivity contribution in [3.8, 4) is 0 Å². The fourth-order valence-corrected chi connectivity index (χ4v) is 20.8. The summed E-state index contributed by atoms with van der Waals surface area (Å²) in [6, 6.07) is 62.4. The second-order valence-electron chi connectivity index (χ2n) is 14.2. The van der Waals surface area contributed by atoms with Gasteiger partial charge in [0.15, 0.2) is 0 Å². The van der Waals surface area contributed by atoms with Crippen molar-refractivity contribution in [2.75, 3.05) is 0 Å². The topological polar surface area (TPSA) is 121 Å². The lowest BCUT2D eigenvalue weighted by atomic mass is 10.0. The van der Waals surface area contributed by atoms with Crippen LogP contribution in [0.15, 0.2) is 267 Å². The lowest BCUT2D eigenvalue weighted by Gasteiger charge is -2.39. The molecular formula is C49H38O8S5. The smallest absolute Gasteiger partial charge is 0.218 e. The minimum atomic E-state index is -4.91. The number of sulfone groups is 1. The molecule has 0 aliphatic carbocycles. The van der Waals surface area contributed by atoms with Crippen LogP contribution in [-0.4, -0.2) is 25.3 Å². The Balaban J connectivity index is 1.17. The molecule has 62 heavy (non-hydrogen) atoms. The van der Waals surface area contributed by atoms with Crippen molar-refractivity contribution in [3.05, 3.63) is 230 Å². The summed E-state index contributed by atoms with van der Waals surface area (Å²) < 4.78 is 103. The van der Waals surface area contributed by atoms with Crippen LogP contribution in [0, 0.1) is 0 Å². The van der Waals surface area contributed by atoms with E-state index in [1.54, 1.807) is 78.9 Å². The predicted molar refractivity (Wildman–Crippen MR) is 241 cm³/mol. The fraction of sp³-hybridized carbons (Fsp3) is 0.0204. The second kappa shape index (κ2) is 16.5. The highest BCUT2D eigenvalue weighted by atomic mass is 32.3. The molecule has 0 fully saturated rings. The fourth-order valence-electron chi connectivity index (χ4n) is 7.67. The van der Waals surface area contributed by atoms with Crippen molar-refractivity contribution in [3.63, 3.8) is 0 Å². The molecule has 8 aromatic rings. The van der Waals surface area contributed by atoms with Crippen molar-refractivity contribution >= 4 is 50.7 Å². The molecule has 0 saturated carbocycles. The summed E-state index contributed by atoms with van der Waals surface area (Å²) >= 11 is 0. The van der Waals surface area contributed by atoms with Gasteiger partial charge in [-0.15, -0.1) is 0 Å². The first-order chi connectivity index (χ1) is 30.0. The molecule has 0 amide bonds. The summed E-state index contributed by atoms with van der Waals surface area (Å²) in [5, 5.41) is 0. The quantitative estimate of drug-likeness (QED) is 0.119. The number of hydrogen-bond donors (Lipinski definition) is 0. The van der Waals surface area contributed by atoms with Gasteiger partial charge in [0.25, 0.3) is 0 Å². The molecule has 0 radical (unpaired) electrons. The van der Waals surface area contributed by atoms with Crippen molar-refractivity contribution in [1.82, 2.24) is 0 Å². The summed E-state index contributed by atoms with van der Waals surface area (Å²) in [7, 11) is -20.4. The van der Waals surface area contributed by atoms with E-state index in [-0.39, 0.29) is 16.9 Å². The van der Waals surface area contributed by atoms with Crippen molar-refractivity contribution in [2.24, 2.45) is 0 Å². The molecule has 1 aliphatic heterocycles. The molecule has 0 saturated heterocycles. The lowest BCUT2D eigenvalue weighted by molar-refractivity contribution is 0.502. The third-order valence-electron chi connectivity index (χ3n) is 10.4. The van der Waals surface area contributed by atoms with E-state index >= 15 is 16.8 Å². The molecule has 0 bridgehead atoms. The van der Waals surface area contributed by atoms with Crippen LogP contribution < -0.4 is 0 Å². The van der Waals surface area contributed by atoms with Crippen LogP contribution >= 0.6 is 20.6 Å². The minimum Gasteiger partial charge on any atom is -0.218 e. The van der Waals surface area contributed by atoms with Gasteiger partial charge in [0.1, 0.15) is 4.90 Å². The van der Waals surface area contributed by atoms with Gasteiger partial charge in [-0.2, -0.15) is 16.8 Å².